The Hall–Kier alpha value is -0.460. The van der Waals surface area contributed by atoms with Crippen molar-refractivity contribution < 1.29 is 8.76 Å². The molecule has 0 heterocycles. The maximum absolute atomic E-state index is 11.0. The maximum atomic E-state index is 11.0. The molecule has 1 aromatic rings. The monoisotopic (exact) mass is 320 g/mol. The molecule has 0 aliphatic rings. The minimum absolute atomic E-state index is 0.371. The van der Waals surface area contributed by atoms with E-state index in [1.54, 1.807) is 24.3 Å². The molecule has 1 aromatic carbocycles. The van der Waals surface area contributed by atoms with Crippen LogP contribution in [0.3, 0.4) is 0 Å². The summed E-state index contributed by atoms with van der Waals surface area (Å²) in [6.07, 6.45) is 3.23. The SMILES string of the molecule is C=Cc1c(I)ccc(S(=O)O)c1C=C. The molecule has 1 rings (SSSR count). The fourth-order valence-electron chi connectivity index (χ4n) is 1.16. The summed E-state index contributed by atoms with van der Waals surface area (Å²) in [6.45, 7) is 7.29. The van der Waals surface area contributed by atoms with Crippen LogP contribution in [0.25, 0.3) is 12.2 Å². The van der Waals surface area contributed by atoms with E-state index in [0.29, 0.717) is 10.5 Å². The summed E-state index contributed by atoms with van der Waals surface area (Å²) in [7, 11) is 0. The standard InChI is InChI=1S/C10H9IO2S/c1-3-7-8(4-2)10(14(12)13)6-5-9(7)11/h3-6H,1-2H2,(H,12,13). The summed E-state index contributed by atoms with van der Waals surface area (Å²) < 4.78 is 21.0. The molecule has 14 heavy (non-hydrogen) atoms. The van der Waals surface area contributed by atoms with Crippen LogP contribution in [0.1, 0.15) is 11.1 Å². The normalized spacial score (nSPS) is 12.1. The van der Waals surface area contributed by atoms with Gasteiger partial charge in [-0.05, 0) is 40.3 Å². The highest BCUT2D eigenvalue weighted by atomic mass is 127. The van der Waals surface area contributed by atoms with Crippen molar-refractivity contribution in [2.75, 3.05) is 0 Å². The Balaban J connectivity index is 3.56. The van der Waals surface area contributed by atoms with Crippen molar-refractivity contribution in [1.82, 2.24) is 0 Å². The first-order valence-electron chi connectivity index (χ1n) is 3.80. The van der Waals surface area contributed by atoms with E-state index in [9.17, 15) is 4.21 Å². The van der Waals surface area contributed by atoms with Gasteiger partial charge in [0.2, 0.25) is 0 Å². The van der Waals surface area contributed by atoms with Gasteiger partial charge in [-0.15, -0.1) is 0 Å². The van der Waals surface area contributed by atoms with Crippen LogP contribution in [0, 0.1) is 3.57 Å². The molecule has 0 aromatic heterocycles. The van der Waals surface area contributed by atoms with Crippen LogP contribution in [0.2, 0.25) is 0 Å². The Morgan fingerprint density at radius 1 is 1.29 bits per heavy atom. The van der Waals surface area contributed by atoms with Gasteiger partial charge in [0, 0.05) is 9.13 Å². The van der Waals surface area contributed by atoms with Crippen molar-refractivity contribution in [2.24, 2.45) is 0 Å². The first kappa shape index (κ1) is 11.6. The van der Waals surface area contributed by atoms with Crippen molar-refractivity contribution >= 4 is 45.8 Å². The molecule has 4 heteroatoms. The summed E-state index contributed by atoms with van der Waals surface area (Å²) in [5.41, 5.74) is 1.52. The summed E-state index contributed by atoms with van der Waals surface area (Å²) in [6, 6.07) is 3.41. The molecule has 0 spiro atoms. The van der Waals surface area contributed by atoms with Crippen LogP contribution in [0.4, 0.5) is 0 Å². The van der Waals surface area contributed by atoms with Crippen LogP contribution >= 0.6 is 22.6 Å². The Morgan fingerprint density at radius 2 is 1.86 bits per heavy atom. The number of hydrogen-bond acceptors (Lipinski definition) is 1. The molecule has 0 amide bonds. The Morgan fingerprint density at radius 3 is 2.29 bits per heavy atom. The Bertz CT molecular complexity index is 413. The van der Waals surface area contributed by atoms with E-state index in [1.165, 1.54) is 0 Å². The topological polar surface area (TPSA) is 37.3 Å². The lowest BCUT2D eigenvalue weighted by Gasteiger charge is -2.07. The second kappa shape index (κ2) is 4.86. The van der Waals surface area contributed by atoms with Gasteiger partial charge in [0.15, 0.2) is 11.1 Å². The van der Waals surface area contributed by atoms with Crippen molar-refractivity contribution in [3.63, 3.8) is 0 Å². The molecule has 0 saturated heterocycles. The van der Waals surface area contributed by atoms with Gasteiger partial charge in [0.25, 0.3) is 0 Å². The third-order valence-corrected chi connectivity index (χ3v) is 3.46. The van der Waals surface area contributed by atoms with Gasteiger partial charge in [0.05, 0.1) is 4.90 Å². The van der Waals surface area contributed by atoms with Crippen LogP contribution in [0.5, 0.6) is 0 Å². The van der Waals surface area contributed by atoms with Crippen molar-refractivity contribution in [3.8, 4) is 0 Å². The summed E-state index contributed by atoms with van der Waals surface area (Å²) in [5.74, 6) is 0. The summed E-state index contributed by atoms with van der Waals surface area (Å²) >= 11 is 0.167. The second-order valence-corrected chi connectivity index (χ2v) is 4.63. The highest BCUT2D eigenvalue weighted by Crippen LogP contribution is 2.25. The number of halogens is 1. The van der Waals surface area contributed by atoms with Gasteiger partial charge in [-0.25, -0.2) is 4.21 Å². The minimum Gasteiger partial charge on any atom is -0.302 e. The van der Waals surface area contributed by atoms with E-state index in [4.69, 9.17) is 4.55 Å². The van der Waals surface area contributed by atoms with Crippen molar-refractivity contribution in [3.05, 3.63) is 40.0 Å². The molecule has 2 nitrogen and oxygen atoms in total. The zero-order valence-electron chi connectivity index (χ0n) is 7.37. The number of hydrogen-bond donors (Lipinski definition) is 1. The highest BCUT2D eigenvalue weighted by Gasteiger charge is 2.10. The lowest BCUT2D eigenvalue weighted by molar-refractivity contribution is 0.564. The fraction of sp³-hybridized carbons (Fsp3) is 0. The predicted octanol–water partition coefficient (Wildman–Crippen LogP) is 3.16. The van der Waals surface area contributed by atoms with E-state index < -0.39 is 11.1 Å². The van der Waals surface area contributed by atoms with Gasteiger partial charge >= 0.3 is 0 Å². The Kier molecular flexibility index (Phi) is 4.03. The highest BCUT2D eigenvalue weighted by molar-refractivity contribution is 14.1. The lowest BCUT2D eigenvalue weighted by atomic mass is 10.1. The third kappa shape index (κ3) is 2.13. The molecule has 0 aliphatic carbocycles. The van der Waals surface area contributed by atoms with E-state index in [1.807, 2.05) is 0 Å². The third-order valence-electron chi connectivity index (χ3n) is 1.79. The molecule has 74 valence electrons. The molecule has 1 N–H and O–H groups in total. The molecule has 0 fully saturated rings. The quantitative estimate of drug-likeness (QED) is 0.686. The Labute approximate surface area is 99.2 Å². The van der Waals surface area contributed by atoms with Gasteiger partial charge in [-0.3, -0.25) is 0 Å². The molecular weight excluding hydrogens is 311 g/mol. The van der Waals surface area contributed by atoms with Gasteiger partial charge in [-0.1, -0.05) is 25.3 Å². The predicted molar refractivity (Wildman–Crippen MR) is 68.4 cm³/mol. The zero-order valence-corrected chi connectivity index (χ0v) is 10.3. The number of rotatable bonds is 3. The zero-order chi connectivity index (χ0) is 10.7. The maximum Gasteiger partial charge on any atom is 0.187 e. The molecular formula is C10H9IO2S. The second-order valence-electron chi connectivity index (χ2n) is 2.53. The summed E-state index contributed by atoms with van der Waals surface area (Å²) in [5, 5.41) is 0. The van der Waals surface area contributed by atoms with E-state index in [-0.39, 0.29) is 0 Å². The minimum atomic E-state index is -1.98. The summed E-state index contributed by atoms with van der Waals surface area (Å²) in [4.78, 5) is 0.371. The molecule has 0 saturated carbocycles. The van der Waals surface area contributed by atoms with Crippen molar-refractivity contribution in [2.45, 2.75) is 4.90 Å². The van der Waals surface area contributed by atoms with E-state index in [2.05, 4.69) is 35.7 Å². The number of benzene rings is 1. The average molecular weight is 320 g/mol. The van der Waals surface area contributed by atoms with Gasteiger partial charge in [-0.2, -0.15) is 0 Å². The molecule has 0 bridgehead atoms. The smallest absolute Gasteiger partial charge is 0.187 e. The van der Waals surface area contributed by atoms with E-state index in [0.717, 1.165) is 9.13 Å². The fourth-order valence-corrected chi connectivity index (χ4v) is 2.42. The van der Waals surface area contributed by atoms with Gasteiger partial charge < -0.3 is 4.55 Å². The van der Waals surface area contributed by atoms with E-state index >= 15 is 0 Å². The molecule has 1 atom stereocenters. The van der Waals surface area contributed by atoms with Gasteiger partial charge in [0.1, 0.15) is 0 Å². The molecule has 0 radical (unpaired) electrons. The lowest BCUT2D eigenvalue weighted by Crippen LogP contribution is -1.96. The largest absolute Gasteiger partial charge is 0.302 e. The first-order valence-corrected chi connectivity index (χ1v) is 5.98. The first-order chi connectivity index (χ1) is 6.61. The van der Waals surface area contributed by atoms with Crippen LogP contribution < -0.4 is 0 Å². The van der Waals surface area contributed by atoms with Crippen LogP contribution in [0.15, 0.2) is 30.2 Å². The van der Waals surface area contributed by atoms with Crippen molar-refractivity contribution in [1.29, 1.82) is 0 Å². The average Bonchev–Trinajstić information content (AvgIpc) is 2.16. The van der Waals surface area contributed by atoms with Crippen LogP contribution in [-0.2, 0) is 11.1 Å². The molecule has 1 unspecified atom stereocenters. The molecule has 0 aliphatic heterocycles. The van der Waals surface area contributed by atoms with Crippen LogP contribution in [-0.4, -0.2) is 8.76 Å².